The Morgan fingerprint density at radius 2 is 1.95 bits per heavy atom. The summed E-state index contributed by atoms with van der Waals surface area (Å²) >= 11 is 0. The summed E-state index contributed by atoms with van der Waals surface area (Å²) in [6.45, 7) is 4.39. The van der Waals surface area contributed by atoms with Crippen LogP contribution in [0.5, 0.6) is 0 Å². The van der Waals surface area contributed by atoms with Crippen LogP contribution in [0.3, 0.4) is 0 Å². The molecule has 1 saturated heterocycles. The van der Waals surface area contributed by atoms with Crippen molar-refractivity contribution in [2.75, 3.05) is 0 Å². The minimum absolute atomic E-state index is 0.00981. The monoisotopic (exact) mass is 256 g/mol. The largest absolute Gasteiger partial charge is 0.462 e. The molecule has 0 amide bonds. The van der Waals surface area contributed by atoms with Crippen LogP contribution in [0, 0.1) is 18.8 Å². The van der Waals surface area contributed by atoms with Crippen LogP contribution in [0.2, 0.25) is 0 Å². The molecule has 1 aromatic carbocycles. The van der Waals surface area contributed by atoms with Gasteiger partial charge in [0.05, 0.1) is 11.7 Å². The molecule has 4 fully saturated rings. The van der Waals surface area contributed by atoms with Crippen LogP contribution in [0.25, 0.3) is 0 Å². The first kappa shape index (κ1) is 12.0. The summed E-state index contributed by atoms with van der Waals surface area (Å²) in [7, 11) is -0.0444. The highest BCUT2D eigenvalue weighted by Gasteiger charge is 2.60. The van der Waals surface area contributed by atoms with Gasteiger partial charge in [-0.1, -0.05) is 29.8 Å². The van der Waals surface area contributed by atoms with Crippen molar-refractivity contribution >= 4 is 7.12 Å². The van der Waals surface area contributed by atoms with Crippen LogP contribution in [-0.4, -0.2) is 18.8 Å². The van der Waals surface area contributed by atoms with Crippen LogP contribution in [0.4, 0.5) is 0 Å². The maximum atomic E-state index is 6.31. The van der Waals surface area contributed by atoms with E-state index >= 15 is 0 Å². The number of hydrogen-bond acceptors (Lipinski definition) is 2. The maximum absolute atomic E-state index is 6.31. The zero-order valence-corrected chi connectivity index (χ0v) is 11.8. The predicted octanol–water partition coefficient (Wildman–Crippen LogP) is 3.17. The Labute approximate surface area is 115 Å². The molecule has 19 heavy (non-hydrogen) atoms. The van der Waals surface area contributed by atoms with Crippen molar-refractivity contribution < 1.29 is 9.31 Å². The lowest BCUT2D eigenvalue weighted by atomic mass is 9.57. The Balaban J connectivity index is 1.48. The Hall–Kier alpha value is -0.795. The molecule has 2 bridgehead atoms. The normalized spacial score (nSPS) is 39.9. The van der Waals surface area contributed by atoms with Crippen molar-refractivity contribution in [3.63, 3.8) is 0 Å². The highest BCUT2D eigenvalue weighted by atomic mass is 16.7. The van der Waals surface area contributed by atoms with Gasteiger partial charge in [0.25, 0.3) is 0 Å². The molecule has 0 spiro atoms. The lowest BCUT2D eigenvalue weighted by Gasteiger charge is -2.53. The fraction of sp³-hybridized carbons (Fsp3) is 0.625. The average molecular weight is 256 g/mol. The van der Waals surface area contributed by atoms with Gasteiger partial charge < -0.3 is 9.31 Å². The third kappa shape index (κ3) is 1.86. The summed E-state index contributed by atoms with van der Waals surface area (Å²) in [5, 5.41) is 0. The van der Waals surface area contributed by atoms with E-state index < -0.39 is 0 Å². The smallest absolute Gasteiger partial charge is 0.405 e. The third-order valence-corrected chi connectivity index (χ3v) is 5.46. The van der Waals surface area contributed by atoms with Crippen LogP contribution >= 0.6 is 0 Å². The van der Waals surface area contributed by atoms with Crippen LogP contribution in [0.1, 0.15) is 37.3 Å². The number of hydrogen-bond donors (Lipinski definition) is 0. The first-order valence-corrected chi connectivity index (χ1v) is 7.52. The predicted molar refractivity (Wildman–Crippen MR) is 75.8 cm³/mol. The van der Waals surface area contributed by atoms with Crippen molar-refractivity contribution in [2.45, 2.75) is 51.1 Å². The molecule has 0 unspecified atom stereocenters. The first-order valence-electron chi connectivity index (χ1n) is 7.52. The molecular formula is C16H21BO2. The molecule has 3 aliphatic carbocycles. The van der Waals surface area contributed by atoms with Crippen molar-refractivity contribution in [3.8, 4) is 0 Å². The van der Waals surface area contributed by atoms with Gasteiger partial charge in [-0.15, -0.1) is 0 Å². The molecule has 0 N–H and O–H groups in total. The van der Waals surface area contributed by atoms with E-state index in [9.17, 15) is 0 Å². The lowest BCUT2D eigenvalue weighted by molar-refractivity contribution is -0.114. The standard InChI is InChI=1S/C16H21BO2/c1-11-3-5-12(6-4-11)10-17-18-15-9-13-7-14(8-13)16(15,2)19-17/h3-6,13-15H,7-10H2,1-2H3/t13?,14?,15-,16+/m1/s1. The van der Waals surface area contributed by atoms with Crippen molar-refractivity contribution in [3.05, 3.63) is 35.4 Å². The summed E-state index contributed by atoms with van der Waals surface area (Å²) in [6.07, 6.45) is 5.13. The first-order chi connectivity index (χ1) is 9.13. The van der Waals surface area contributed by atoms with E-state index in [-0.39, 0.29) is 12.7 Å². The SMILES string of the molecule is Cc1ccc(CB2O[C@@H]3CC4CC(C4)[C@]3(C)O2)cc1. The molecule has 1 aromatic rings. The second-order valence-corrected chi connectivity index (χ2v) is 6.82. The summed E-state index contributed by atoms with van der Waals surface area (Å²) in [4.78, 5) is 0. The van der Waals surface area contributed by atoms with Gasteiger partial charge in [-0.25, -0.2) is 0 Å². The van der Waals surface area contributed by atoms with E-state index in [1.54, 1.807) is 0 Å². The topological polar surface area (TPSA) is 18.5 Å². The quantitative estimate of drug-likeness (QED) is 0.756. The molecule has 2 atom stereocenters. The van der Waals surface area contributed by atoms with Crippen molar-refractivity contribution in [1.82, 2.24) is 0 Å². The van der Waals surface area contributed by atoms with Gasteiger partial charge in [0.15, 0.2) is 0 Å². The Morgan fingerprint density at radius 3 is 2.63 bits per heavy atom. The molecular weight excluding hydrogens is 235 g/mol. The molecule has 0 aromatic heterocycles. The van der Waals surface area contributed by atoms with Gasteiger partial charge in [0.2, 0.25) is 0 Å². The molecule has 100 valence electrons. The van der Waals surface area contributed by atoms with E-state index in [4.69, 9.17) is 9.31 Å². The van der Waals surface area contributed by atoms with E-state index in [1.165, 1.54) is 30.4 Å². The van der Waals surface area contributed by atoms with E-state index in [1.807, 2.05) is 0 Å². The average Bonchev–Trinajstić information content (AvgIpc) is 2.66. The number of rotatable bonds is 2. The summed E-state index contributed by atoms with van der Waals surface area (Å²) in [6, 6.07) is 8.70. The van der Waals surface area contributed by atoms with Crippen LogP contribution in [0.15, 0.2) is 24.3 Å². The molecule has 3 heteroatoms. The van der Waals surface area contributed by atoms with Crippen molar-refractivity contribution in [1.29, 1.82) is 0 Å². The molecule has 1 heterocycles. The molecule has 2 nitrogen and oxygen atoms in total. The molecule has 3 saturated carbocycles. The second-order valence-electron chi connectivity index (χ2n) is 6.82. The second kappa shape index (κ2) is 4.10. The van der Waals surface area contributed by atoms with E-state index in [0.717, 1.165) is 18.2 Å². The van der Waals surface area contributed by atoms with Gasteiger partial charge in [-0.2, -0.15) is 0 Å². The minimum Gasteiger partial charge on any atom is -0.405 e. The number of benzene rings is 1. The fourth-order valence-electron chi connectivity index (χ4n) is 4.06. The highest BCUT2D eigenvalue weighted by Crippen LogP contribution is 2.56. The van der Waals surface area contributed by atoms with Crippen molar-refractivity contribution in [2.24, 2.45) is 11.8 Å². The molecule has 4 aliphatic rings. The highest BCUT2D eigenvalue weighted by molar-refractivity contribution is 6.44. The van der Waals surface area contributed by atoms with Gasteiger partial charge in [-0.05, 0) is 50.5 Å². The maximum Gasteiger partial charge on any atom is 0.462 e. The van der Waals surface area contributed by atoms with Gasteiger partial charge in [0, 0.05) is 6.32 Å². The van der Waals surface area contributed by atoms with Gasteiger partial charge >= 0.3 is 7.12 Å². The molecule has 5 rings (SSSR count). The lowest BCUT2D eigenvalue weighted by Crippen LogP contribution is -2.56. The molecule has 0 radical (unpaired) electrons. The third-order valence-electron chi connectivity index (χ3n) is 5.46. The van der Waals surface area contributed by atoms with E-state index in [2.05, 4.69) is 38.1 Å². The fourth-order valence-corrected chi connectivity index (χ4v) is 4.06. The van der Waals surface area contributed by atoms with Gasteiger partial charge in [-0.3, -0.25) is 0 Å². The Bertz CT molecular complexity index is 480. The Kier molecular flexibility index (Phi) is 2.58. The van der Waals surface area contributed by atoms with Gasteiger partial charge in [0.1, 0.15) is 0 Å². The molecule has 1 aliphatic heterocycles. The zero-order valence-electron chi connectivity index (χ0n) is 11.8. The van der Waals surface area contributed by atoms with E-state index in [0.29, 0.717) is 6.10 Å². The zero-order chi connectivity index (χ0) is 13.0. The Morgan fingerprint density at radius 1 is 1.21 bits per heavy atom. The van der Waals surface area contributed by atoms with Crippen LogP contribution in [-0.2, 0) is 15.6 Å². The number of aryl methyl sites for hydroxylation is 1. The summed E-state index contributed by atoms with van der Waals surface area (Å²) in [5.74, 6) is 1.64. The van der Waals surface area contributed by atoms with Crippen LogP contribution < -0.4 is 0 Å². The summed E-state index contributed by atoms with van der Waals surface area (Å²) in [5.41, 5.74) is 2.60. The summed E-state index contributed by atoms with van der Waals surface area (Å²) < 4.78 is 12.5. The minimum atomic E-state index is -0.0444.